The molecule has 6 heteroatoms. The zero-order valence-electron chi connectivity index (χ0n) is 14.8. The van der Waals surface area contributed by atoms with E-state index >= 15 is 0 Å². The standard InChI is InChI=1S/C22H16N4O2/c23-22-24-20(16-10-12-17(13-11-16)26(27)28)14-21(25-22)19-9-5-4-8-18(19)15-6-2-1-3-7-15/h1-14H,(H2,23,24,25). The Hall–Kier alpha value is -4.06. The summed E-state index contributed by atoms with van der Waals surface area (Å²) in [5.41, 5.74) is 11.1. The third kappa shape index (κ3) is 3.43. The highest BCUT2D eigenvalue weighted by Gasteiger charge is 2.12. The Morgan fingerprint density at radius 2 is 1.32 bits per heavy atom. The molecule has 0 amide bonds. The third-order valence-electron chi connectivity index (χ3n) is 4.41. The van der Waals surface area contributed by atoms with Crippen LogP contribution >= 0.6 is 0 Å². The van der Waals surface area contributed by atoms with Crippen LogP contribution in [0.25, 0.3) is 33.6 Å². The molecule has 4 rings (SSSR count). The van der Waals surface area contributed by atoms with Gasteiger partial charge in [0.15, 0.2) is 0 Å². The highest BCUT2D eigenvalue weighted by molar-refractivity contribution is 5.83. The van der Waals surface area contributed by atoms with Gasteiger partial charge in [-0.3, -0.25) is 10.1 Å². The minimum Gasteiger partial charge on any atom is -0.368 e. The SMILES string of the molecule is Nc1nc(-c2ccc([N+](=O)[O-])cc2)cc(-c2ccccc2-c2ccccc2)n1. The van der Waals surface area contributed by atoms with Gasteiger partial charge in [0, 0.05) is 23.3 Å². The van der Waals surface area contributed by atoms with Crippen molar-refractivity contribution >= 4 is 11.6 Å². The van der Waals surface area contributed by atoms with E-state index in [1.54, 1.807) is 12.1 Å². The van der Waals surface area contributed by atoms with Crippen LogP contribution in [0.5, 0.6) is 0 Å². The van der Waals surface area contributed by atoms with Crippen LogP contribution in [0.3, 0.4) is 0 Å². The molecule has 0 atom stereocenters. The van der Waals surface area contributed by atoms with E-state index in [4.69, 9.17) is 5.73 Å². The number of hydrogen-bond donors (Lipinski definition) is 1. The number of nitro groups is 1. The lowest BCUT2D eigenvalue weighted by molar-refractivity contribution is -0.384. The number of non-ortho nitro benzene ring substituents is 1. The average molecular weight is 368 g/mol. The molecule has 0 bridgehead atoms. The number of hydrogen-bond acceptors (Lipinski definition) is 5. The molecule has 4 aromatic rings. The van der Waals surface area contributed by atoms with Gasteiger partial charge in [0.1, 0.15) is 0 Å². The van der Waals surface area contributed by atoms with E-state index in [1.165, 1.54) is 12.1 Å². The maximum atomic E-state index is 10.9. The van der Waals surface area contributed by atoms with Crippen molar-refractivity contribution in [1.82, 2.24) is 9.97 Å². The summed E-state index contributed by atoms with van der Waals surface area (Å²) in [4.78, 5) is 19.2. The fourth-order valence-corrected chi connectivity index (χ4v) is 3.08. The molecule has 3 aromatic carbocycles. The van der Waals surface area contributed by atoms with Crippen LogP contribution in [-0.2, 0) is 0 Å². The maximum absolute atomic E-state index is 10.9. The minimum atomic E-state index is -0.431. The summed E-state index contributed by atoms with van der Waals surface area (Å²) in [7, 11) is 0. The lowest BCUT2D eigenvalue weighted by Gasteiger charge is -2.11. The molecule has 0 unspecified atom stereocenters. The van der Waals surface area contributed by atoms with Gasteiger partial charge in [-0.05, 0) is 29.3 Å². The molecule has 2 N–H and O–H groups in total. The first kappa shape index (κ1) is 17.4. The summed E-state index contributed by atoms with van der Waals surface area (Å²) >= 11 is 0. The van der Waals surface area contributed by atoms with Crippen molar-refractivity contribution in [2.45, 2.75) is 0 Å². The predicted octanol–water partition coefficient (Wildman–Crippen LogP) is 4.97. The van der Waals surface area contributed by atoms with E-state index in [-0.39, 0.29) is 11.6 Å². The highest BCUT2D eigenvalue weighted by Crippen LogP contribution is 2.33. The van der Waals surface area contributed by atoms with Gasteiger partial charge in [0.25, 0.3) is 5.69 Å². The fourth-order valence-electron chi connectivity index (χ4n) is 3.08. The van der Waals surface area contributed by atoms with Gasteiger partial charge in [0.05, 0.1) is 16.3 Å². The molecule has 0 saturated carbocycles. The van der Waals surface area contributed by atoms with Crippen molar-refractivity contribution in [3.63, 3.8) is 0 Å². The minimum absolute atomic E-state index is 0.0282. The Morgan fingerprint density at radius 1 is 0.714 bits per heavy atom. The quantitative estimate of drug-likeness (QED) is 0.405. The highest BCUT2D eigenvalue weighted by atomic mass is 16.6. The van der Waals surface area contributed by atoms with E-state index in [1.807, 2.05) is 60.7 Å². The zero-order valence-corrected chi connectivity index (χ0v) is 14.8. The molecule has 0 aliphatic carbocycles. The van der Waals surface area contributed by atoms with Crippen LogP contribution in [0, 0.1) is 10.1 Å². The number of rotatable bonds is 4. The summed E-state index contributed by atoms with van der Waals surface area (Å²) in [6, 6.07) is 26.1. The van der Waals surface area contributed by atoms with Crippen molar-refractivity contribution in [3.05, 3.63) is 95.0 Å². The smallest absolute Gasteiger partial charge is 0.269 e. The van der Waals surface area contributed by atoms with Gasteiger partial charge in [-0.2, -0.15) is 0 Å². The predicted molar refractivity (Wildman–Crippen MR) is 109 cm³/mol. The van der Waals surface area contributed by atoms with E-state index in [2.05, 4.69) is 9.97 Å². The molecule has 6 nitrogen and oxygen atoms in total. The first-order chi connectivity index (χ1) is 13.6. The molecule has 28 heavy (non-hydrogen) atoms. The number of nitro benzene ring substituents is 1. The number of benzene rings is 3. The molecule has 0 radical (unpaired) electrons. The summed E-state index contributed by atoms with van der Waals surface area (Å²) < 4.78 is 0. The second kappa shape index (κ2) is 7.28. The molecule has 0 spiro atoms. The Balaban J connectivity index is 1.82. The zero-order chi connectivity index (χ0) is 19.5. The van der Waals surface area contributed by atoms with E-state index in [0.717, 1.165) is 22.3 Å². The number of nitrogens with zero attached hydrogens (tertiary/aromatic N) is 3. The normalized spacial score (nSPS) is 10.6. The average Bonchev–Trinajstić information content (AvgIpc) is 2.74. The second-order valence-electron chi connectivity index (χ2n) is 6.21. The van der Waals surface area contributed by atoms with Gasteiger partial charge >= 0.3 is 0 Å². The molecule has 136 valence electrons. The first-order valence-corrected chi connectivity index (χ1v) is 8.66. The molecular formula is C22H16N4O2. The number of nitrogen functional groups attached to an aromatic ring is 1. The molecular weight excluding hydrogens is 352 g/mol. The van der Waals surface area contributed by atoms with E-state index in [9.17, 15) is 10.1 Å². The molecule has 0 saturated heterocycles. The lowest BCUT2D eigenvalue weighted by atomic mass is 9.97. The number of nitrogens with two attached hydrogens (primary N) is 1. The van der Waals surface area contributed by atoms with Crippen LogP contribution in [0.2, 0.25) is 0 Å². The van der Waals surface area contributed by atoms with Crippen LogP contribution in [0.1, 0.15) is 0 Å². The van der Waals surface area contributed by atoms with Crippen LogP contribution < -0.4 is 5.73 Å². The first-order valence-electron chi connectivity index (χ1n) is 8.66. The van der Waals surface area contributed by atoms with Gasteiger partial charge in [-0.1, -0.05) is 54.6 Å². The van der Waals surface area contributed by atoms with Gasteiger partial charge in [-0.25, -0.2) is 9.97 Å². The summed E-state index contributed by atoms with van der Waals surface area (Å²) in [5.74, 6) is 0.147. The van der Waals surface area contributed by atoms with Crippen molar-refractivity contribution < 1.29 is 4.92 Å². The number of aromatic nitrogens is 2. The Bertz CT molecular complexity index is 1140. The fraction of sp³-hybridized carbons (Fsp3) is 0. The van der Waals surface area contributed by atoms with Gasteiger partial charge < -0.3 is 5.73 Å². The topological polar surface area (TPSA) is 94.9 Å². The van der Waals surface area contributed by atoms with Crippen LogP contribution in [0.15, 0.2) is 84.9 Å². The van der Waals surface area contributed by atoms with Gasteiger partial charge in [-0.15, -0.1) is 0 Å². The van der Waals surface area contributed by atoms with Gasteiger partial charge in [0.2, 0.25) is 5.95 Å². The largest absolute Gasteiger partial charge is 0.368 e. The Kier molecular flexibility index (Phi) is 4.51. The number of anilines is 1. The van der Waals surface area contributed by atoms with E-state index in [0.29, 0.717) is 11.4 Å². The van der Waals surface area contributed by atoms with Crippen LogP contribution in [-0.4, -0.2) is 14.9 Å². The molecule has 0 aliphatic rings. The Morgan fingerprint density at radius 3 is 2.00 bits per heavy atom. The van der Waals surface area contributed by atoms with Crippen molar-refractivity contribution in [1.29, 1.82) is 0 Å². The molecule has 0 aliphatic heterocycles. The molecule has 1 aromatic heterocycles. The summed E-state index contributed by atoms with van der Waals surface area (Å²) in [6.07, 6.45) is 0. The Labute approximate surface area is 161 Å². The van der Waals surface area contributed by atoms with Crippen molar-refractivity contribution in [2.24, 2.45) is 0 Å². The van der Waals surface area contributed by atoms with E-state index < -0.39 is 4.92 Å². The second-order valence-corrected chi connectivity index (χ2v) is 6.21. The van der Waals surface area contributed by atoms with Crippen LogP contribution in [0.4, 0.5) is 11.6 Å². The van der Waals surface area contributed by atoms with Crippen molar-refractivity contribution in [2.75, 3.05) is 5.73 Å². The summed E-state index contributed by atoms with van der Waals surface area (Å²) in [6.45, 7) is 0. The molecule has 1 heterocycles. The monoisotopic (exact) mass is 368 g/mol. The lowest BCUT2D eigenvalue weighted by Crippen LogP contribution is -1.99. The summed E-state index contributed by atoms with van der Waals surface area (Å²) in [5, 5.41) is 10.9. The third-order valence-corrected chi connectivity index (χ3v) is 4.41. The maximum Gasteiger partial charge on any atom is 0.269 e. The van der Waals surface area contributed by atoms with Crippen molar-refractivity contribution in [3.8, 4) is 33.6 Å². The molecule has 0 fully saturated rings.